The fourth-order valence-electron chi connectivity index (χ4n) is 2.29. The number of carbonyl (C=O) groups is 1. The van der Waals surface area contributed by atoms with Gasteiger partial charge in [-0.3, -0.25) is 4.79 Å². The topological polar surface area (TPSA) is 59.7 Å². The van der Waals surface area contributed by atoms with Crippen molar-refractivity contribution >= 4 is 5.78 Å². The number of rotatable bonds is 4. The maximum atomic E-state index is 12.0. The quantitative estimate of drug-likeness (QED) is 0.868. The molecule has 2 atom stereocenters. The molecule has 1 N–H and O–H groups in total. The Hall–Kier alpha value is -1.55. The second-order valence-corrected chi connectivity index (χ2v) is 4.41. The molecule has 2 rings (SSSR count). The summed E-state index contributed by atoms with van der Waals surface area (Å²) >= 11 is 0. The number of aliphatic hydroxyl groups is 1. The van der Waals surface area contributed by atoms with Crippen molar-refractivity contribution < 1.29 is 19.1 Å². The van der Waals surface area contributed by atoms with E-state index in [2.05, 4.69) is 0 Å². The maximum absolute atomic E-state index is 12.0. The normalized spacial score (nSPS) is 25.6. The van der Waals surface area contributed by atoms with Crippen molar-refractivity contribution in [2.24, 2.45) is 0 Å². The lowest BCUT2D eigenvalue weighted by molar-refractivity contribution is -0.131. The molecule has 92 valence electrons. The first-order valence-corrected chi connectivity index (χ1v) is 5.64. The van der Waals surface area contributed by atoms with E-state index in [9.17, 15) is 4.79 Å². The fraction of sp³-hybridized carbons (Fsp3) is 0.462. The fourth-order valence-corrected chi connectivity index (χ4v) is 2.29. The molecule has 4 nitrogen and oxygen atoms in total. The smallest absolute Gasteiger partial charge is 0.202 e. The highest BCUT2D eigenvalue weighted by molar-refractivity contribution is 5.99. The predicted octanol–water partition coefficient (Wildman–Crippen LogP) is 2.01. The van der Waals surface area contributed by atoms with Crippen LogP contribution in [0.2, 0.25) is 0 Å². The Morgan fingerprint density at radius 2 is 2.29 bits per heavy atom. The van der Waals surface area contributed by atoms with Crippen LogP contribution in [0, 0.1) is 0 Å². The number of ketones is 1. The van der Waals surface area contributed by atoms with Crippen molar-refractivity contribution in [2.75, 3.05) is 6.61 Å². The lowest BCUT2D eigenvalue weighted by Crippen LogP contribution is -2.40. The summed E-state index contributed by atoms with van der Waals surface area (Å²) in [5.41, 5.74) is -0.968. The zero-order valence-electron chi connectivity index (χ0n) is 9.97. The van der Waals surface area contributed by atoms with E-state index in [1.807, 2.05) is 0 Å². The molecule has 4 heteroatoms. The molecule has 0 fully saturated rings. The molecule has 17 heavy (non-hydrogen) atoms. The summed E-state index contributed by atoms with van der Waals surface area (Å²) in [4.78, 5) is 12.0. The van der Waals surface area contributed by atoms with Gasteiger partial charge in [0.25, 0.3) is 0 Å². The van der Waals surface area contributed by atoms with Crippen LogP contribution in [0.5, 0.6) is 0 Å². The van der Waals surface area contributed by atoms with Gasteiger partial charge in [0.05, 0.1) is 17.9 Å². The van der Waals surface area contributed by atoms with Crippen LogP contribution < -0.4 is 0 Å². The molecule has 0 amide bonds. The highest BCUT2D eigenvalue weighted by Gasteiger charge is 2.47. The molecule has 1 aromatic heterocycles. The van der Waals surface area contributed by atoms with E-state index < -0.39 is 5.60 Å². The molecule has 0 spiro atoms. The van der Waals surface area contributed by atoms with E-state index in [1.165, 1.54) is 6.08 Å². The van der Waals surface area contributed by atoms with Gasteiger partial charge in [0.1, 0.15) is 5.76 Å². The first kappa shape index (κ1) is 11.9. The number of furan rings is 1. The Bertz CT molecular complexity index is 432. The summed E-state index contributed by atoms with van der Waals surface area (Å²) in [6, 6.07) is 3.57. The zero-order chi connectivity index (χ0) is 12.5. The summed E-state index contributed by atoms with van der Waals surface area (Å²) in [6.45, 7) is 3.48. The summed E-state index contributed by atoms with van der Waals surface area (Å²) < 4.78 is 11.0. The third-order valence-electron chi connectivity index (χ3n) is 3.17. The molecule has 0 unspecified atom stereocenters. The number of carbonyl (C=O) groups excluding carboxylic acids is 1. The molecule has 1 aliphatic rings. The van der Waals surface area contributed by atoms with Crippen LogP contribution >= 0.6 is 0 Å². The molecule has 1 aliphatic heterocycles. The van der Waals surface area contributed by atoms with Gasteiger partial charge in [-0.15, -0.1) is 0 Å². The van der Waals surface area contributed by atoms with Crippen molar-refractivity contribution in [2.45, 2.75) is 31.8 Å². The monoisotopic (exact) mass is 236 g/mol. The van der Waals surface area contributed by atoms with E-state index in [4.69, 9.17) is 14.3 Å². The summed E-state index contributed by atoms with van der Waals surface area (Å²) in [5.74, 6) is 0.915. The number of ether oxygens (including phenoxy) is 1. The number of allylic oxidation sites excluding steroid dienone is 1. The molecule has 0 bridgehead atoms. The van der Waals surface area contributed by atoms with Gasteiger partial charge >= 0.3 is 0 Å². The highest BCUT2D eigenvalue weighted by Crippen LogP contribution is 2.40. The zero-order valence-corrected chi connectivity index (χ0v) is 9.97. The van der Waals surface area contributed by atoms with Crippen molar-refractivity contribution in [1.29, 1.82) is 0 Å². The standard InChI is InChI=1S/C13H16O4/c1-9-8-12(15)13(2,17-9)10(5-6-14)11-4-3-7-16-11/h3-4,7-8,10,14H,5-6H2,1-2H3/t10-,13+/m0/s1. The van der Waals surface area contributed by atoms with Gasteiger partial charge in [0, 0.05) is 12.7 Å². The Balaban J connectivity index is 2.32. The third-order valence-corrected chi connectivity index (χ3v) is 3.17. The van der Waals surface area contributed by atoms with Crippen LogP contribution in [-0.2, 0) is 9.53 Å². The average molecular weight is 236 g/mol. The number of hydrogen-bond acceptors (Lipinski definition) is 4. The van der Waals surface area contributed by atoms with E-state index in [1.54, 1.807) is 32.2 Å². The summed E-state index contributed by atoms with van der Waals surface area (Å²) in [7, 11) is 0. The number of aliphatic hydroxyl groups excluding tert-OH is 1. The van der Waals surface area contributed by atoms with Gasteiger partial charge in [-0.1, -0.05) is 0 Å². The van der Waals surface area contributed by atoms with Gasteiger partial charge in [-0.25, -0.2) is 0 Å². The van der Waals surface area contributed by atoms with E-state index >= 15 is 0 Å². The van der Waals surface area contributed by atoms with Crippen LogP contribution in [-0.4, -0.2) is 23.1 Å². The Kier molecular flexibility index (Phi) is 3.07. The van der Waals surface area contributed by atoms with E-state index in [0.717, 1.165) is 0 Å². The molecule has 0 saturated carbocycles. The minimum absolute atomic E-state index is 0.0172. The van der Waals surface area contributed by atoms with Gasteiger partial charge in [-0.2, -0.15) is 0 Å². The molecule has 2 heterocycles. The lowest BCUT2D eigenvalue weighted by atomic mass is 9.82. The van der Waals surface area contributed by atoms with Gasteiger partial charge in [0.15, 0.2) is 5.60 Å². The van der Waals surface area contributed by atoms with Crippen LogP contribution in [0.4, 0.5) is 0 Å². The SMILES string of the molecule is CC1=CC(=O)[C@@](C)([C@@H](CCO)c2ccco2)O1. The Labute approximate surface area is 99.9 Å². The van der Waals surface area contributed by atoms with Crippen LogP contribution in [0.15, 0.2) is 34.6 Å². The highest BCUT2D eigenvalue weighted by atomic mass is 16.5. The molecule has 0 saturated heterocycles. The molecule has 0 radical (unpaired) electrons. The van der Waals surface area contributed by atoms with Crippen molar-refractivity contribution in [1.82, 2.24) is 0 Å². The van der Waals surface area contributed by atoms with Gasteiger partial charge < -0.3 is 14.3 Å². The van der Waals surface area contributed by atoms with Gasteiger partial charge in [-0.05, 0) is 32.4 Å². The summed E-state index contributed by atoms with van der Waals surface area (Å²) in [5, 5.41) is 9.14. The van der Waals surface area contributed by atoms with E-state index in [0.29, 0.717) is 17.9 Å². The van der Waals surface area contributed by atoms with Crippen LogP contribution in [0.25, 0.3) is 0 Å². The first-order valence-electron chi connectivity index (χ1n) is 5.64. The Morgan fingerprint density at radius 1 is 1.53 bits per heavy atom. The molecule has 1 aromatic rings. The largest absolute Gasteiger partial charge is 0.483 e. The van der Waals surface area contributed by atoms with Crippen molar-refractivity contribution in [3.05, 3.63) is 36.0 Å². The minimum atomic E-state index is -0.968. The van der Waals surface area contributed by atoms with Crippen LogP contribution in [0.1, 0.15) is 31.9 Å². The minimum Gasteiger partial charge on any atom is -0.483 e. The second-order valence-electron chi connectivity index (χ2n) is 4.41. The average Bonchev–Trinajstić information content (AvgIpc) is 2.85. The maximum Gasteiger partial charge on any atom is 0.202 e. The third kappa shape index (κ3) is 2.00. The Morgan fingerprint density at radius 3 is 2.76 bits per heavy atom. The van der Waals surface area contributed by atoms with E-state index in [-0.39, 0.29) is 18.3 Å². The predicted molar refractivity (Wildman–Crippen MR) is 61.4 cm³/mol. The lowest BCUT2D eigenvalue weighted by Gasteiger charge is -2.31. The summed E-state index contributed by atoms with van der Waals surface area (Å²) in [6.07, 6.45) is 3.48. The van der Waals surface area contributed by atoms with Gasteiger partial charge in [0.2, 0.25) is 5.78 Å². The van der Waals surface area contributed by atoms with Crippen LogP contribution in [0.3, 0.4) is 0 Å². The second kappa shape index (κ2) is 4.37. The molecular formula is C13H16O4. The molecular weight excluding hydrogens is 220 g/mol. The molecule has 0 aromatic carbocycles. The number of hydrogen-bond donors (Lipinski definition) is 1. The molecule has 0 aliphatic carbocycles. The van der Waals surface area contributed by atoms with Crippen molar-refractivity contribution in [3.63, 3.8) is 0 Å². The first-order chi connectivity index (χ1) is 8.08. The van der Waals surface area contributed by atoms with Crippen molar-refractivity contribution in [3.8, 4) is 0 Å².